The highest BCUT2D eigenvalue weighted by Crippen LogP contribution is 2.39. The number of phenolic OH excluding ortho intramolecular Hbond substituents is 1. The van der Waals surface area contributed by atoms with Crippen molar-refractivity contribution in [3.8, 4) is 16.2 Å². The van der Waals surface area contributed by atoms with Crippen LogP contribution in [0.1, 0.15) is 30.0 Å². The van der Waals surface area contributed by atoms with E-state index in [-0.39, 0.29) is 0 Å². The quantitative estimate of drug-likeness (QED) is 0.539. The van der Waals surface area contributed by atoms with Gasteiger partial charge in [0.15, 0.2) is 0 Å². The van der Waals surface area contributed by atoms with E-state index >= 15 is 0 Å². The minimum atomic E-state index is 0.414. The van der Waals surface area contributed by atoms with Gasteiger partial charge in [-0.25, -0.2) is 0 Å². The molecular formula is C18H26N2OS3. The van der Waals surface area contributed by atoms with Crippen molar-refractivity contribution in [2.45, 2.75) is 32.9 Å². The number of rotatable bonds is 7. The molecule has 0 fully saturated rings. The lowest BCUT2D eigenvalue weighted by Gasteiger charge is -2.18. The molecule has 0 saturated heterocycles. The smallest absolute Gasteiger partial charge is 0.124 e. The summed E-state index contributed by atoms with van der Waals surface area (Å²) in [6.45, 7) is 3.63. The fraction of sp³-hybridized carbons (Fsp3) is 0.500. The summed E-state index contributed by atoms with van der Waals surface area (Å²) in [5, 5.41) is 10.7. The first kappa shape index (κ1) is 19.5. The van der Waals surface area contributed by atoms with Crippen LogP contribution in [-0.2, 0) is 19.5 Å². The van der Waals surface area contributed by atoms with Crippen molar-refractivity contribution in [3.05, 3.63) is 32.6 Å². The Bertz CT molecular complexity index is 716. The van der Waals surface area contributed by atoms with Crippen LogP contribution in [-0.4, -0.2) is 43.1 Å². The zero-order valence-electron chi connectivity index (χ0n) is 15.0. The van der Waals surface area contributed by atoms with E-state index in [1.165, 1.54) is 16.0 Å². The van der Waals surface area contributed by atoms with Gasteiger partial charge in [-0.05, 0) is 57.9 Å². The standard InChI is InChI=1S/C18H26N2OS3/c1-6-7-15-17(23-24-18(15)22)12-8-13(10-19(2)3)16(21)14(9-12)11-20(4)5/h8-9,21H,6-7,10-11H2,1-5H3. The van der Waals surface area contributed by atoms with E-state index in [9.17, 15) is 5.11 Å². The first-order valence-electron chi connectivity index (χ1n) is 8.10. The number of aromatic hydroxyl groups is 1. The van der Waals surface area contributed by atoms with Crippen LogP contribution in [0.5, 0.6) is 5.75 Å². The molecule has 2 aromatic rings. The molecule has 0 atom stereocenters. The summed E-state index contributed by atoms with van der Waals surface area (Å²) in [5.41, 5.74) is 4.42. The molecule has 0 radical (unpaired) electrons. The summed E-state index contributed by atoms with van der Waals surface area (Å²) < 4.78 is 1.01. The Morgan fingerprint density at radius 2 is 1.54 bits per heavy atom. The molecule has 0 spiro atoms. The largest absolute Gasteiger partial charge is 0.507 e. The molecule has 0 aliphatic rings. The summed E-state index contributed by atoms with van der Waals surface area (Å²) in [4.78, 5) is 5.44. The lowest BCUT2D eigenvalue weighted by atomic mass is 9.99. The molecule has 0 aliphatic carbocycles. The Kier molecular flexibility index (Phi) is 6.95. The normalized spacial score (nSPS) is 11.6. The van der Waals surface area contributed by atoms with E-state index in [0.717, 1.165) is 40.9 Å². The topological polar surface area (TPSA) is 26.7 Å². The number of hydrogen-bond donors (Lipinski definition) is 1. The number of nitrogens with zero attached hydrogens (tertiary/aromatic N) is 2. The third-order valence-electron chi connectivity index (χ3n) is 3.72. The molecular weight excluding hydrogens is 356 g/mol. The van der Waals surface area contributed by atoms with Gasteiger partial charge in [-0.1, -0.05) is 46.2 Å². The first-order valence-corrected chi connectivity index (χ1v) is 10.7. The summed E-state index contributed by atoms with van der Waals surface area (Å²) in [7, 11) is 11.5. The van der Waals surface area contributed by atoms with Gasteiger partial charge in [-0.2, -0.15) is 0 Å². The zero-order valence-corrected chi connectivity index (χ0v) is 17.5. The third-order valence-corrected chi connectivity index (χ3v) is 6.92. The van der Waals surface area contributed by atoms with Crippen molar-refractivity contribution in [1.82, 2.24) is 9.80 Å². The van der Waals surface area contributed by atoms with E-state index in [4.69, 9.17) is 12.2 Å². The Labute approximate surface area is 157 Å². The molecule has 3 nitrogen and oxygen atoms in total. The van der Waals surface area contributed by atoms with Crippen molar-refractivity contribution >= 4 is 32.9 Å². The molecule has 24 heavy (non-hydrogen) atoms. The van der Waals surface area contributed by atoms with Crippen molar-refractivity contribution in [1.29, 1.82) is 0 Å². The van der Waals surface area contributed by atoms with Gasteiger partial charge >= 0.3 is 0 Å². The van der Waals surface area contributed by atoms with Crippen LogP contribution in [0.15, 0.2) is 12.1 Å². The molecule has 1 aromatic carbocycles. The van der Waals surface area contributed by atoms with Gasteiger partial charge < -0.3 is 14.9 Å². The maximum absolute atomic E-state index is 10.7. The minimum absolute atomic E-state index is 0.414. The molecule has 1 N–H and O–H groups in total. The lowest BCUT2D eigenvalue weighted by molar-refractivity contribution is 0.368. The highest BCUT2D eigenvalue weighted by Gasteiger charge is 2.16. The van der Waals surface area contributed by atoms with Crippen LogP contribution in [0.25, 0.3) is 10.4 Å². The second-order valence-electron chi connectivity index (χ2n) is 6.63. The van der Waals surface area contributed by atoms with Crippen LogP contribution < -0.4 is 0 Å². The van der Waals surface area contributed by atoms with Crippen molar-refractivity contribution in [2.75, 3.05) is 28.2 Å². The molecule has 6 heteroatoms. The van der Waals surface area contributed by atoms with Crippen molar-refractivity contribution in [2.24, 2.45) is 0 Å². The number of benzene rings is 1. The van der Waals surface area contributed by atoms with E-state index in [2.05, 4.69) is 28.9 Å². The molecule has 132 valence electrons. The first-order chi connectivity index (χ1) is 11.3. The molecule has 1 heterocycles. The fourth-order valence-electron chi connectivity index (χ4n) is 2.77. The molecule has 0 unspecified atom stereocenters. The van der Waals surface area contributed by atoms with Crippen LogP contribution >= 0.6 is 32.9 Å². The Morgan fingerprint density at radius 1 is 1.00 bits per heavy atom. The van der Waals surface area contributed by atoms with E-state index in [1.54, 1.807) is 20.7 Å². The van der Waals surface area contributed by atoms with E-state index < -0.39 is 0 Å². The van der Waals surface area contributed by atoms with E-state index in [1.807, 2.05) is 28.2 Å². The van der Waals surface area contributed by atoms with Crippen molar-refractivity contribution < 1.29 is 5.11 Å². The van der Waals surface area contributed by atoms with Crippen LogP contribution in [0.3, 0.4) is 0 Å². The third kappa shape index (κ3) is 4.64. The molecule has 0 amide bonds. The average molecular weight is 383 g/mol. The van der Waals surface area contributed by atoms with Crippen molar-refractivity contribution in [3.63, 3.8) is 0 Å². The van der Waals surface area contributed by atoms with Gasteiger partial charge in [0.25, 0.3) is 0 Å². The SMILES string of the molecule is CCCc1c(-c2cc(CN(C)C)c(O)c(CN(C)C)c2)ssc1=S. The van der Waals surface area contributed by atoms with Gasteiger partial charge in [0.1, 0.15) is 9.57 Å². The summed E-state index contributed by atoms with van der Waals surface area (Å²) in [6, 6.07) is 4.25. The molecule has 0 saturated carbocycles. The summed E-state index contributed by atoms with van der Waals surface area (Å²) in [5.74, 6) is 0.414. The predicted octanol–water partition coefficient (Wildman–Crippen LogP) is 4.99. The minimum Gasteiger partial charge on any atom is -0.507 e. The van der Waals surface area contributed by atoms with Gasteiger partial charge in [0.2, 0.25) is 0 Å². The summed E-state index contributed by atoms with van der Waals surface area (Å²) >= 11 is 5.53. The maximum atomic E-state index is 10.7. The monoisotopic (exact) mass is 382 g/mol. The van der Waals surface area contributed by atoms with E-state index in [0.29, 0.717) is 5.75 Å². The average Bonchev–Trinajstić information content (AvgIpc) is 2.84. The second-order valence-corrected chi connectivity index (χ2v) is 9.45. The Balaban J connectivity index is 2.59. The maximum Gasteiger partial charge on any atom is 0.124 e. The molecule has 0 bridgehead atoms. The predicted molar refractivity (Wildman–Crippen MR) is 109 cm³/mol. The molecule has 0 aliphatic heterocycles. The van der Waals surface area contributed by atoms with Gasteiger partial charge in [0, 0.05) is 24.2 Å². The second kappa shape index (κ2) is 8.54. The lowest BCUT2D eigenvalue weighted by Crippen LogP contribution is -2.14. The Morgan fingerprint density at radius 3 is 2.00 bits per heavy atom. The molecule has 1 aromatic heterocycles. The van der Waals surface area contributed by atoms with Crippen LogP contribution in [0.2, 0.25) is 0 Å². The number of hydrogen-bond acceptors (Lipinski definition) is 6. The number of phenols is 1. The Hall–Kier alpha value is -0.790. The van der Waals surface area contributed by atoms with Crippen LogP contribution in [0, 0.1) is 3.82 Å². The highest BCUT2D eigenvalue weighted by atomic mass is 32.9. The zero-order chi connectivity index (χ0) is 17.9. The van der Waals surface area contributed by atoms with Crippen LogP contribution in [0.4, 0.5) is 0 Å². The fourth-order valence-corrected chi connectivity index (χ4v) is 5.77. The van der Waals surface area contributed by atoms with Gasteiger partial charge in [0.05, 0.1) is 4.88 Å². The highest BCUT2D eigenvalue weighted by molar-refractivity contribution is 7.80. The molecule has 2 rings (SSSR count). The van der Waals surface area contributed by atoms with Gasteiger partial charge in [-0.3, -0.25) is 0 Å². The van der Waals surface area contributed by atoms with Gasteiger partial charge in [-0.15, -0.1) is 0 Å². The summed E-state index contributed by atoms with van der Waals surface area (Å²) in [6.07, 6.45) is 2.11.